The highest BCUT2D eigenvalue weighted by atomic mass is 35.5. The summed E-state index contributed by atoms with van der Waals surface area (Å²) in [5.41, 5.74) is -0.233. The first kappa shape index (κ1) is 19.6. The molecule has 1 aliphatic rings. The number of amides is 1. The van der Waals surface area contributed by atoms with Crippen LogP contribution in [-0.2, 0) is 11.0 Å². The summed E-state index contributed by atoms with van der Waals surface area (Å²) in [5.74, 6) is 1.17. The van der Waals surface area contributed by atoms with Gasteiger partial charge < -0.3 is 14.8 Å². The van der Waals surface area contributed by atoms with Gasteiger partial charge in [0.1, 0.15) is 0 Å². The Bertz CT molecular complexity index is 1090. The van der Waals surface area contributed by atoms with Crippen molar-refractivity contribution in [2.45, 2.75) is 17.8 Å². The molecule has 3 heterocycles. The molecule has 0 atom stereocenters. The summed E-state index contributed by atoms with van der Waals surface area (Å²) in [6, 6.07) is 5.83. The molecule has 0 fully saturated rings. The maximum Gasteiger partial charge on any atom is 0.417 e. The Morgan fingerprint density at radius 2 is 2.03 bits per heavy atom. The molecule has 1 amide bonds. The van der Waals surface area contributed by atoms with Gasteiger partial charge in [0.05, 0.1) is 10.6 Å². The van der Waals surface area contributed by atoms with E-state index in [1.807, 2.05) is 0 Å². The van der Waals surface area contributed by atoms with Crippen molar-refractivity contribution >= 4 is 40.6 Å². The van der Waals surface area contributed by atoms with Crippen LogP contribution in [0, 0.1) is 0 Å². The van der Waals surface area contributed by atoms with Crippen LogP contribution >= 0.6 is 23.4 Å². The lowest BCUT2D eigenvalue weighted by Crippen LogP contribution is -2.12. The monoisotopic (exact) mass is 444 g/mol. The van der Waals surface area contributed by atoms with Gasteiger partial charge in [0.25, 0.3) is 0 Å². The molecule has 1 aromatic carbocycles. The Kier molecular flexibility index (Phi) is 5.17. The van der Waals surface area contributed by atoms with E-state index in [2.05, 4.69) is 15.5 Å². The van der Waals surface area contributed by atoms with Crippen LogP contribution in [0.25, 0.3) is 5.65 Å². The van der Waals surface area contributed by atoms with E-state index in [4.69, 9.17) is 21.1 Å². The molecule has 7 nitrogen and oxygen atoms in total. The van der Waals surface area contributed by atoms with Crippen LogP contribution in [0.15, 0.2) is 35.6 Å². The molecule has 0 unspecified atom stereocenters. The number of aromatic nitrogens is 3. The number of benzene rings is 1. The third-order valence-corrected chi connectivity index (χ3v) is 5.20. The van der Waals surface area contributed by atoms with Crippen LogP contribution in [0.5, 0.6) is 11.5 Å². The third kappa shape index (κ3) is 4.20. The van der Waals surface area contributed by atoms with Crippen molar-refractivity contribution in [1.29, 1.82) is 0 Å². The van der Waals surface area contributed by atoms with E-state index in [9.17, 15) is 18.0 Å². The average molecular weight is 445 g/mol. The molecular formula is C17H12ClF3N4O3S. The van der Waals surface area contributed by atoms with E-state index in [0.29, 0.717) is 17.2 Å². The zero-order valence-corrected chi connectivity index (χ0v) is 16.1. The van der Waals surface area contributed by atoms with Crippen LogP contribution < -0.4 is 14.8 Å². The maximum atomic E-state index is 13.0. The van der Waals surface area contributed by atoms with E-state index in [1.54, 1.807) is 18.2 Å². The molecule has 4 rings (SSSR count). The third-order valence-electron chi connectivity index (χ3n) is 3.97. The van der Waals surface area contributed by atoms with Crippen LogP contribution in [-0.4, -0.2) is 33.1 Å². The van der Waals surface area contributed by atoms with Gasteiger partial charge in [-0.15, -0.1) is 10.2 Å². The number of nitrogens with zero attached hydrogens (tertiary/aromatic N) is 3. The van der Waals surface area contributed by atoms with Crippen LogP contribution in [0.3, 0.4) is 0 Å². The number of nitrogens with one attached hydrogen (secondary N) is 1. The van der Waals surface area contributed by atoms with Crippen molar-refractivity contribution < 1.29 is 27.4 Å². The Morgan fingerprint density at radius 3 is 2.83 bits per heavy atom. The van der Waals surface area contributed by atoms with Gasteiger partial charge in [0.2, 0.25) is 12.7 Å². The fraction of sp³-hybridized carbons (Fsp3) is 0.235. The lowest BCUT2D eigenvalue weighted by atomic mass is 10.2. The number of halogens is 4. The van der Waals surface area contributed by atoms with Crippen LogP contribution in [0.4, 0.5) is 18.9 Å². The minimum absolute atomic E-state index is 0.112. The van der Waals surface area contributed by atoms with E-state index in [1.165, 1.54) is 4.40 Å². The van der Waals surface area contributed by atoms with Gasteiger partial charge in [-0.05, 0) is 18.2 Å². The van der Waals surface area contributed by atoms with E-state index >= 15 is 0 Å². The quantitative estimate of drug-likeness (QED) is 0.593. The maximum absolute atomic E-state index is 13.0. The molecule has 0 saturated heterocycles. The number of rotatable bonds is 5. The van der Waals surface area contributed by atoms with Crippen molar-refractivity contribution in [1.82, 2.24) is 14.6 Å². The second-order valence-corrected chi connectivity index (χ2v) is 7.43. The van der Waals surface area contributed by atoms with Crippen molar-refractivity contribution in [2.75, 3.05) is 17.9 Å². The summed E-state index contributed by atoms with van der Waals surface area (Å²) < 4.78 is 50.6. The summed E-state index contributed by atoms with van der Waals surface area (Å²) in [4.78, 5) is 12.1. The van der Waals surface area contributed by atoms with Gasteiger partial charge in [-0.1, -0.05) is 23.4 Å². The number of thioether (sulfide) groups is 1. The number of carbonyl (C=O) groups excluding carboxylic acids is 1. The molecule has 1 aliphatic heterocycles. The molecule has 0 bridgehead atoms. The Morgan fingerprint density at radius 1 is 1.24 bits per heavy atom. The van der Waals surface area contributed by atoms with Gasteiger partial charge in [0, 0.05) is 30.1 Å². The second kappa shape index (κ2) is 7.64. The number of alkyl halides is 3. The fourth-order valence-corrected chi connectivity index (χ4v) is 3.71. The molecule has 1 N–H and O–H groups in total. The summed E-state index contributed by atoms with van der Waals surface area (Å²) in [5, 5.41) is 10.5. The number of pyridine rings is 1. The molecule has 0 aliphatic carbocycles. The van der Waals surface area contributed by atoms with E-state index in [-0.39, 0.29) is 40.7 Å². The molecular weight excluding hydrogens is 433 g/mol. The van der Waals surface area contributed by atoms with E-state index < -0.39 is 11.7 Å². The molecule has 29 heavy (non-hydrogen) atoms. The van der Waals surface area contributed by atoms with E-state index in [0.717, 1.165) is 24.0 Å². The van der Waals surface area contributed by atoms with Crippen molar-refractivity contribution in [3.8, 4) is 11.5 Å². The largest absolute Gasteiger partial charge is 0.454 e. The average Bonchev–Trinajstić information content (AvgIpc) is 3.28. The molecule has 152 valence electrons. The molecule has 3 aromatic rings. The fourth-order valence-electron chi connectivity index (χ4n) is 2.62. The SMILES string of the molecule is O=C(CCSc1nnc2c(Cl)cc(C(F)(F)F)cn12)Nc1ccc2c(c1)OCO2. The zero-order chi connectivity index (χ0) is 20.6. The highest BCUT2D eigenvalue weighted by molar-refractivity contribution is 7.99. The highest BCUT2D eigenvalue weighted by Crippen LogP contribution is 2.35. The number of carbonyl (C=O) groups is 1. The van der Waals surface area contributed by atoms with Crippen LogP contribution in [0.2, 0.25) is 5.02 Å². The molecule has 0 radical (unpaired) electrons. The molecule has 0 saturated carbocycles. The van der Waals surface area contributed by atoms with Gasteiger partial charge in [-0.3, -0.25) is 9.20 Å². The number of hydrogen-bond donors (Lipinski definition) is 1. The first-order chi connectivity index (χ1) is 13.8. The predicted octanol–water partition coefficient (Wildman–Crippen LogP) is 4.25. The summed E-state index contributed by atoms with van der Waals surface area (Å²) in [6.07, 6.45) is -3.55. The Hall–Kier alpha value is -2.66. The number of fused-ring (bicyclic) bond motifs is 2. The number of ether oxygens (including phenoxy) is 2. The summed E-state index contributed by atoms with van der Waals surface area (Å²) in [6.45, 7) is 0.135. The number of anilines is 1. The zero-order valence-electron chi connectivity index (χ0n) is 14.5. The second-order valence-electron chi connectivity index (χ2n) is 5.97. The number of hydrogen-bond acceptors (Lipinski definition) is 6. The topological polar surface area (TPSA) is 77.8 Å². The van der Waals surface area contributed by atoms with Crippen molar-refractivity contribution in [3.05, 3.63) is 41.0 Å². The molecule has 2 aromatic heterocycles. The molecule has 12 heteroatoms. The van der Waals surface area contributed by atoms with Gasteiger partial charge in [-0.2, -0.15) is 13.2 Å². The van der Waals surface area contributed by atoms with Gasteiger partial charge in [-0.25, -0.2) is 0 Å². The summed E-state index contributed by atoms with van der Waals surface area (Å²) >= 11 is 6.98. The lowest BCUT2D eigenvalue weighted by molar-refractivity contribution is -0.137. The first-order valence-corrected chi connectivity index (χ1v) is 9.61. The standard InChI is InChI=1S/C17H12ClF3N4O3S/c18-11-5-9(17(19,20)21)7-25-15(11)23-24-16(25)29-4-3-14(26)22-10-1-2-12-13(6-10)28-8-27-12/h1-2,5-7H,3-4,8H2,(H,22,26). The highest BCUT2D eigenvalue weighted by Gasteiger charge is 2.32. The van der Waals surface area contributed by atoms with Crippen molar-refractivity contribution in [3.63, 3.8) is 0 Å². The Balaban J connectivity index is 1.39. The minimum atomic E-state index is -4.55. The Labute approximate surface area is 171 Å². The smallest absolute Gasteiger partial charge is 0.417 e. The summed E-state index contributed by atoms with van der Waals surface area (Å²) in [7, 11) is 0. The normalized spacial score (nSPS) is 13.1. The first-order valence-electron chi connectivity index (χ1n) is 8.25. The lowest BCUT2D eigenvalue weighted by Gasteiger charge is -2.09. The minimum Gasteiger partial charge on any atom is -0.454 e. The van der Waals surface area contributed by atoms with Gasteiger partial charge in [0.15, 0.2) is 22.3 Å². The van der Waals surface area contributed by atoms with Crippen molar-refractivity contribution in [2.24, 2.45) is 0 Å². The molecule has 0 spiro atoms. The van der Waals surface area contributed by atoms with Gasteiger partial charge >= 0.3 is 6.18 Å². The van der Waals surface area contributed by atoms with Crippen LogP contribution in [0.1, 0.15) is 12.0 Å². The predicted molar refractivity (Wildman–Crippen MR) is 99.5 cm³/mol.